The van der Waals surface area contributed by atoms with Crippen LogP contribution in [0.3, 0.4) is 0 Å². The maximum Gasteiger partial charge on any atom is 0.322 e. The Bertz CT molecular complexity index is 1240. The number of ether oxygens (including phenoxy) is 1. The molecule has 3 aromatic rings. The van der Waals surface area contributed by atoms with Crippen LogP contribution in [-0.2, 0) is 14.9 Å². The minimum absolute atomic E-state index is 0.182. The SMILES string of the molecule is COCCN(CC(=O)Nc1cc(C(C)(C)C)nn1-c1ccc(Cl)c(Cl)c1)C(=O)Nc1ccccc1C. The first-order chi connectivity index (χ1) is 17.0. The van der Waals surface area contributed by atoms with E-state index >= 15 is 0 Å². The van der Waals surface area contributed by atoms with E-state index in [1.165, 1.54) is 4.90 Å². The molecule has 36 heavy (non-hydrogen) atoms. The topological polar surface area (TPSA) is 88.5 Å². The minimum atomic E-state index is -0.398. The first-order valence-corrected chi connectivity index (χ1v) is 12.2. The van der Waals surface area contributed by atoms with Crippen molar-refractivity contribution >= 4 is 46.6 Å². The molecular formula is C26H31Cl2N5O3. The first kappa shape index (κ1) is 27.5. The van der Waals surface area contributed by atoms with Crippen molar-refractivity contribution in [3.63, 3.8) is 0 Å². The van der Waals surface area contributed by atoms with Gasteiger partial charge in [0.2, 0.25) is 5.91 Å². The van der Waals surface area contributed by atoms with Crippen LogP contribution in [0.2, 0.25) is 10.0 Å². The van der Waals surface area contributed by atoms with Crippen LogP contribution in [-0.4, -0.2) is 53.4 Å². The monoisotopic (exact) mass is 531 g/mol. The van der Waals surface area contributed by atoms with Gasteiger partial charge in [-0.3, -0.25) is 4.79 Å². The molecule has 0 saturated heterocycles. The quantitative estimate of drug-likeness (QED) is 0.378. The Morgan fingerprint density at radius 1 is 1.06 bits per heavy atom. The smallest absolute Gasteiger partial charge is 0.322 e. The lowest BCUT2D eigenvalue weighted by Gasteiger charge is -2.23. The van der Waals surface area contributed by atoms with Crippen LogP contribution < -0.4 is 10.6 Å². The van der Waals surface area contributed by atoms with Crippen molar-refractivity contribution in [2.24, 2.45) is 0 Å². The third-order valence-corrected chi connectivity index (χ3v) is 6.21. The molecule has 2 N–H and O–H groups in total. The van der Waals surface area contributed by atoms with Gasteiger partial charge in [0.05, 0.1) is 28.0 Å². The second kappa shape index (κ2) is 11.8. The number of carbonyl (C=O) groups excluding carboxylic acids is 2. The molecule has 10 heteroatoms. The normalized spacial score (nSPS) is 11.3. The van der Waals surface area contributed by atoms with Gasteiger partial charge >= 0.3 is 6.03 Å². The molecule has 0 aliphatic heterocycles. The van der Waals surface area contributed by atoms with E-state index in [4.69, 9.17) is 33.0 Å². The lowest BCUT2D eigenvalue weighted by atomic mass is 9.92. The predicted molar refractivity (Wildman–Crippen MR) is 145 cm³/mol. The second-order valence-corrected chi connectivity index (χ2v) is 10.2. The summed E-state index contributed by atoms with van der Waals surface area (Å²) in [6, 6.07) is 14.0. The molecular weight excluding hydrogens is 501 g/mol. The van der Waals surface area contributed by atoms with Gasteiger partial charge in [-0.15, -0.1) is 0 Å². The van der Waals surface area contributed by atoms with E-state index in [9.17, 15) is 9.59 Å². The van der Waals surface area contributed by atoms with Crippen LogP contribution in [0.5, 0.6) is 0 Å². The summed E-state index contributed by atoms with van der Waals surface area (Å²) in [6.45, 7) is 8.33. The summed E-state index contributed by atoms with van der Waals surface area (Å²) < 4.78 is 6.75. The van der Waals surface area contributed by atoms with Gasteiger partial charge in [0, 0.05) is 30.8 Å². The van der Waals surface area contributed by atoms with Gasteiger partial charge in [0.15, 0.2) is 0 Å². The molecule has 1 aromatic heterocycles. The maximum atomic E-state index is 13.1. The van der Waals surface area contributed by atoms with Gasteiger partial charge in [0.1, 0.15) is 12.4 Å². The van der Waals surface area contributed by atoms with Crippen molar-refractivity contribution < 1.29 is 14.3 Å². The van der Waals surface area contributed by atoms with Gasteiger partial charge in [-0.25, -0.2) is 9.48 Å². The molecule has 0 spiro atoms. The highest BCUT2D eigenvalue weighted by atomic mass is 35.5. The first-order valence-electron chi connectivity index (χ1n) is 11.5. The summed E-state index contributed by atoms with van der Waals surface area (Å²) in [6.07, 6.45) is 0. The molecule has 0 fully saturated rings. The minimum Gasteiger partial charge on any atom is -0.383 e. The number of methoxy groups -OCH3 is 1. The zero-order valence-corrected chi connectivity index (χ0v) is 22.6. The third kappa shape index (κ3) is 7.00. The largest absolute Gasteiger partial charge is 0.383 e. The fraction of sp³-hybridized carbons (Fsp3) is 0.346. The Labute approximate surface area is 221 Å². The van der Waals surface area contributed by atoms with Crippen molar-refractivity contribution in [3.8, 4) is 5.69 Å². The Hall–Kier alpha value is -3.07. The summed E-state index contributed by atoms with van der Waals surface area (Å²) in [4.78, 5) is 27.5. The summed E-state index contributed by atoms with van der Waals surface area (Å²) in [5.41, 5.74) is 2.75. The molecule has 0 bridgehead atoms. The molecule has 0 aliphatic rings. The number of nitrogens with zero attached hydrogens (tertiary/aromatic N) is 3. The number of hydrogen-bond acceptors (Lipinski definition) is 4. The molecule has 1 heterocycles. The van der Waals surface area contributed by atoms with E-state index in [-0.39, 0.29) is 31.0 Å². The average molecular weight is 532 g/mol. The van der Waals surface area contributed by atoms with Crippen molar-refractivity contribution in [2.45, 2.75) is 33.1 Å². The van der Waals surface area contributed by atoms with E-state index in [1.54, 1.807) is 30.0 Å². The molecule has 192 valence electrons. The standard InChI is InChI=1S/C26H31Cl2N5O3/c1-17-8-6-7-9-21(17)29-25(35)32(12-13-36-5)16-24(34)30-23-15-22(26(2,3)4)31-33(23)18-10-11-19(27)20(28)14-18/h6-11,14-15H,12-13,16H2,1-5H3,(H,29,35)(H,30,34). The number of aryl methyl sites for hydroxylation is 1. The molecule has 0 aliphatic carbocycles. The number of hydrogen-bond donors (Lipinski definition) is 2. The average Bonchev–Trinajstić information content (AvgIpc) is 3.24. The molecule has 0 radical (unpaired) electrons. The zero-order valence-electron chi connectivity index (χ0n) is 21.1. The second-order valence-electron chi connectivity index (χ2n) is 9.38. The highest BCUT2D eigenvalue weighted by Crippen LogP contribution is 2.29. The Kier molecular flexibility index (Phi) is 9.00. The lowest BCUT2D eigenvalue weighted by molar-refractivity contribution is -0.116. The molecule has 0 unspecified atom stereocenters. The van der Waals surface area contributed by atoms with Gasteiger partial charge in [0.25, 0.3) is 0 Å². The molecule has 3 amide bonds. The van der Waals surface area contributed by atoms with Crippen LogP contribution in [0, 0.1) is 6.92 Å². The van der Waals surface area contributed by atoms with Gasteiger partial charge in [-0.05, 0) is 36.8 Å². The highest BCUT2D eigenvalue weighted by Gasteiger charge is 2.23. The Morgan fingerprint density at radius 2 is 1.78 bits per heavy atom. The number of aromatic nitrogens is 2. The van der Waals surface area contributed by atoms with Crippen LogP contribution in [0.4, 0.5) is 16.3 Å². The van der Waals surface area contributed by atoms with Crippen molar-refractivity contribution in [2.75, 3.05) is 37.4 Å². The van der Waals surface area contributed by atoms with Gasteiger partial charge in [-0.1, -0.05) is 62.2 Å². The fourth-order valence-corrected chi connectivity index (χ4v) is 3.66. The predicted octanol–water partition coefficient (Wildman–Crippen LogP) is 5.90. The third-order valence-electron chi connectivity index (χ3n) is 5.47. The number of anilines is 2. The van der Waals surface area contributed by atoms with E-state index < -0.39 is 6.03 Å². The summed E-state index contributed by atoms with van der Waals surface area (Å²) in [5, 5.41) is 11.2. The molecule has 3 rings (SSSR count). The van der Waals surface area contributed by atoms with E-state index in [0.717, 1.165) is 11.3 Å². The van der Waals surface area contributed by atoms with Crippen molar-refractivity contribution in [1.29, 1.82) is 0 Å². The number of benzene rings is 2. The summed E-state index contributed by atoms with van der Waals surface area (Å²) in [7, 11) is 1.54. The number of halogens is 2. The van der Waals surface area contributed by atoms with Crippen LogP contribution in [0.25, 0.3) is 5.69 Å². The Morgan fingerprint density at radius 3 is 2.42 bits per heavy atom. The number of amides is 3. The van der Waals surface area contributed by atoms with Crippen molar-refractivity contribution in [1.82, 2.24) is 14.7 Å². The summed E-state index contributed by atoms with van der Waals surface area (Å²) >= 11 is 12.3. The number of urea groups is 1. The Balaban J connectivity index is 1.83. The molecule has 0 atom stereocenters. The molecule has 2 aromatic carbocycles. The van der Waals surface area contributed by atoms with Gasteiger partial charge < -0.3 is 20.3 Å². The van der Waals surface area contributed by atoms with E-state index in [1.807, 2.05) is 58.0 Å². The van der Waals surface area contributed by atoms with E-state index in [0.29, 0.717) is 27.2 Å². The number of rotatable bonds is 8. The van der Waals surface area contributed by atoms with Gasteiger partial charge in [-0.2, -0.15) is 5.10 Å². The number of para-hydroxylation sites is 1. The van der Waals surface area contributed by atoms with E-state index in [2.05, 4.69) is 10.6 Å². The maximum absolute atomic E-state index is 13.1. The fourth-order valence-electron chi connectivity index (χ4n) is 3.37. The summed E-state index contributed by atoms with van der Waals surface area (Å²) in [5.74, 6) is 0.0713. The number of nitrogens with one attached hydrogen (secondary N) is 2. The van der Waals surface area contributed by atoms with Crippen LogP contribution in [0.1, 0.15) is 32.0 Å². The zero-order chi connectivity index (χ0) is 26.5. The molecule has 0 saturated carbocycles. The highest BCUT2D eigenvalue weighted by molar-refractivity contribution is 6.42. The van der Waals surface area contributed by atoms with Crippen molar-refractivity contribution in [3.05, 3.63) is 69.8 Å². The van der Waals surface area contributed by atoms with Crippen LogP contribution >= 0.6 is 23.2 Å². The number of carbonyl (C=O) groups is 2. The lowest BCUT2D eigenvalue weighted by Crippen LogP contribution is -2.42. The molecule has 8 nitrogen and oxygen atoms in total. The van der Waals surface area contributed by atoms with Crippen LogP contribution in [0.15, 0.2) is 48.5 Å².